The minimum atomic E-state index is -1.06. The molecule has 2 rings (SSSR count). The van der Waals surface area contributed by atoms with Crippen molar-refractivity contribution in [1.82, 2.24) is 9.59 Å². The van der Waals surface area contributed by atoms with Gasteiger partial charge in [-0.3, -0.25) is 0 Å². The summed E-state index contributed by atoms with van der Waals surface area (Å²) in [6.45, 7) is 0.0755. The molecule has 1 aromatic heterocycles. The zero-order valence-electron chi connectivity index (χ0n) is 8.76. The molecule has 0 aliphatic rings. The summed E-state index contributed by atoms with van der Waals surface area (Å²) in [5.74, 6) is -0.805. The van der Waals surface area contributed by atoms with E-state index in [1.807, 2.05) is 0 Å². The predicted octanol–water partition coefficient (Wildman–Crippen LogP) is 3.23. The molecular formula is C10H6BrClN2O3S. The number of hydrogen-bond donors (Lipinski definition) is 1. The van der Waals surface area contributed by atoms with Crippen molar-refractivity contribution in [1.29, 1.82) is 0 Å². The Morgan fingerprint density at radius 1 is 1.56 bits per heavy atom. The second kappa shape index (κ2) is 5.64. The number of ether oxygens (including phenoxy) is 1. The Morgan fingerprint density at radius 2 is 2.33 bits per heavy atom. The Kier molecular flexibility index (Phi) is 4.15. The van der Waals surface area contributed by atoms with E-state index >= 15 is 0 Å². The first-order chi connectivity index (χ1) is 8.58. The molecule has 0 spiro atoms. The molecule has 0 saturated carbocycles. The molecule has 0 amide bonds. The Bertz CT molecular complexity index is 590. The van der Waals surface area contributed by atoms with E-state index in [2.05, 4.69) is 25.5 Å². The van der Waals surface area contributed by atoms with Gasteiger partial charge < -0.3 is 9.84 Å². The summed E-state index contributed by atoms with van der Waals surface area (Å²) in [5.41, 5.74) is 0.565. The summed E-state index contributed by atoms with van der Waals surface area (Å²) in [4.78, 5) is 11.0. The SMILES string of the molecule is O=C(O)c1ccc(Br)cc1OCc1nnsc1Cl. The maximum Gasteiger partial charge on any atom is 0.339 e. The highest BCUT2D eigenvalue weighted by molar-refractivity contribution is 9.10. The third kappa shape index (κ3) is 2.98. The third-order valence-electron chi connectivity index (χ3n) is 2.05. The van der Waals surface area contributed by atoms with Crippen molar-refractivity contribution in [3.63, 3.8) is 0 Å². The van der Waals surface area contributed by atoms with Crippen molar-refractivity contribution >= 4 is 45.0 Å². The van der Waals surface area contributed by atoms with Gasteiger partial charge in [-0.05, 0) is 18.2 Å². The van der Waals surface area contributed by atoms with Crippen LogP contribution in [0.15, 0.2) is 22.7 Å². The number of hydrogen-bond acceptors (Lipinski definition) is 5. The molecule has 1 heterocycles. The second-order valence-corrected chi connectivity index (χ2v) is 5.50. The molecule has 18 heavy (non-hydrogen) atoms. The highest BCUT2D eigenvalue weighted by Crippen LogP contribution is 2.26. The molecular weight excluding hydrogens is 344 g/mol. The molecule has 1 N–H and O–H groups in total. The van der Waals surface area contributed by atoms with Gasteiger partial charge in [0.15, 0.2) is 0 Å². The lowest BCUT2D eigenvalue weighted by Gasteiger charge is -2.08. The molecule has 0 bridgehead atoms. The van der Waals surface area contributed by atoms with E-state index in [0.717, 1.165) is 16.0 Å². The minimum absolute atomic E-state index is 0.0755. The predicted molar refractivity (Wildman–Crippen MR) is 70.4 cm³/mol. The molecule has 0 aliphatic heterocycles. The first-order valence-electron chi connectivity index (χ1n) is 4.70. The van der Waals surface area contributed by atoms with Crippen LogP contribution in [-0.4, -0.2) is 20.7 Å². The van der Waals surface area contributed by atoms with Crippen molar-refractivity contribution in [3.8, 4) is 5.75 Å². The average molecular weight is 350 g/mol. The average Bonchev–Trinajstić information content (AvgIpc) is 2.72. The van der Waals surface area contributed by atoms with Crippen molar-refractivity contribution in [2.75, 3.05) is 0 Å². The van der Waals surface area contributed by atoms with Gasteiger partial charge in [0.25, 0.3) is 0 Å². The molecule has 0 radical (unpaired) electrons. The summed E-state index contributed by atoms with van der Waals surface area (Å²) < 4.78 is 10.2. The number of carboxylic acids is 1. The van der Waals surface area contributed by atoms with Gasteiger partial charge in [0.1, 0.15) is 28.0 Å². The van der Waals surface area contributed by atoms with Gasteiger partial charge in [-0.25, -0.2) is 4.79 Å². The first-order valence-corrected chi connectivity index (χ1v) is 6.64. The van der Waals surface area contributed by atoms with Crippen LogP contribution in [0.5, 0.6) is 5.75 Å². The van der Waals surface area contributed by atoms with Gasteiger partial charge >= 0.3 is 5.97 Å². The fourth-order valence-electron chi connectivity index (χ4n) is 1.22. The van der Waals surface area contributed by atoms with Crippen molar-refractivity contribution in [2.24, 2.45) is 0 Å². The largest absolute Gasteiger partial charge is 0.486 e. The molecule has 1 aromatic carbocycles. The number of aromatic nitrogens is 2. The molecule has 0 atom stereocenters. The Morgan fingerprint density at radius 3 is 2.94 bits per heavy atom. The fourth-order valence-corrected chi connectivity index (χ4v) is 2.16. The molecule has 0 aliphatic carbocycles. The van der Waals surface area contributed by atoms with Crippen LogP contribution in [0.4, 0.5) is 0 Å². The lowest BCUT2D eigenvalue weighted by Crippen LogP contribution is -2.04. The summed E-state index contributed by atoms with van der Waals surface area (Å²) in [5, 5.41) is 12.8. The Hall–Kier alpha value is -1.18. The maximum absolute atomic E-state index is 11.0. The van der Waals surface area contributed by atoms with Crippen molar-refractivity contribution < 1.29 is 14.6 Å². The number of carboxylic acid groups (broad SMARTS) is 1. The first kappa shape index (κ1) is 13.3. The van der Waals surface area contributed by atoms with Crippen molar-refractivity contribution in [2.45, 2.75) is 6.61 Å². The van der Waals surface area contributed by atoms with Crippen LogP contribution in [0.1, 0.15) is 16.1 Å². The van der Waals surface area contributed by atoms with Crippen LogP contribution in [0.3, 0.4) is 0 Å². The van der Waals surface area contributed by atoms with Gasteiger partial charge in [0.05, 0.1) is 0 Å². The summed E-state index contributed by atoms with van der Waals surface area (Å²) >= 11 is 10.1. The number of rotatable bonds is 4. The van der Waals surface area contributed by atoms with Crippen LogP contribution >= 0.6 is 39.1 Å². The van der Waals surface area contributed by atoms with E-state index < -0.39 is 5.97 Å². The molecule has 94 valence electrons. The van der Waals surface area contributed by atoms with Crippen LogP contribution in [-0.2, 0) is 6.61 Å². The number of nitrogens with zero attached hydrogens (tertiary/aromatic N) is 2. The highest BCUT2D eigenvalue weighted by atomic mass is 79.9. The maximum atomic E-state index is 11.0. The third-order valence-corrected chi connectivity index (χ3v) is 3.53. The van der Waals surface area contributed by atoms with Gasteiger partial charge in [-0.2, -0.15) is 0 Å². The van der Waals surface area contributed by atoms with E-state index in [4.69, 9.17) is 21.4 Å². The lowest BCUT2D eigenvalue weighted by molar-refractivity contribution is 0.0691. The van der Waals surface area contributed by atoms with E-state index in [9.17, 15) is 4.79 Å². The fraction of sp³-hybridized carbons (Fsp3) is 0.100. The molecule has 2 aromatic rings. The standard InChI is InChI=1S/C10H6BrClN2O3S/c11-5-1-2-6(10(15)16)8(3-5)17-4-7-9(12)18-14-13-7/h1-3H,4H2,(H,15,16). The van der Waals surface area contributed by atoms with E-state index in [1.54, 1.807) is 12.1 Å². The summed E-state index contributed by atoms with van der Waals surface area (Å²) in [6.07, 6.45) is 0. The second-order valence-electron chi connectivity index (χ2n) is 3.23. The van der Waals surface area contributed by atoms with E-state index in [0.29, 0.717) is 10.0 Å². The van der Waals surface area contributed by atoms with Gasteiger partial charge in [0, 0.05) is 16.0 Å². The zero-order chi connectivity index (χ0) is 13.1. The molecule has 0 fully saturated rings. The number of aromatic carboxylic acids is 1. The highest BCUT2D eigenvalue weighted by Gasteiger charge is 2.13. The molecule has 0 unspecified atom stereocenters. The molecule has 0 saturated heterocycles. The quantitative estimate of drug-likeness (QED) is 0.917. The monoisotopic (exact) mass is 348 g/mol. The summed E-state index contributed by atoms with van der Waals surface area (Å²) in [7, 11) is 0. The Balaban J connectivity index is 2.20. The summed E-state index contributed by atoms with van der Waals surface area (Å²) in [6, 6.07) is 4.67. The lowest BCUT2D eigenvalue weighted by atomic mass is 10.2. The Labute approximate surface area is 120 Å². The van der Waals surface area contributed by atoms with E-state index in [-0.39, 0.29) is 17.9 Å². The van der Waals surface area contributed by atoms with Crippen LogP contribution < -0.4 is 4.74 Å². The van der Waals surface area contributed by atoms with Crippen LogP contribution in [0, 0.1) is 0 Å². The topological polar surface area (TPSA) is 72.3 Å². The number of halogens is 2. The number of carbonyl (C=O) groups is 1. The number of benzene rings is 1. The van der Waals surface area contributed by atoms with Gasteiger partial charge in [0.2, 0.25) is 0 Å². The normalized spacial score (nSPS) is 10.3. The molecule has 8 heteroatoms. The van der Waals surface area contributed by atoms with Crippen molar-refractivity contribution in [3.05, 3.63) is 38.3 Å². The van der Waals surface area contributed by atoms with Gasteiger partial charge in [-0.15, -0.1) is 5.10 Å². The van der Waals surface area contributed by atoms with Crippen LogP contribution in [0.2, 0.25) is 4.34 Å². The van der Waals surface area contributed by atoms with Crippen LogP contribution in [0.25, 0.3) is 0 Å². The minimum Gasteiger partial charge on any atom is -0.486 e. The smallest absolute Gasteiger partial charge is 0.339 e. The van der Waals surface area contributed by atoms with E-state index in [1.165, 1.54) is 6.07 Å². The van der Waals surface area contributed by atoms with Gasteiger partial charge in [-0.1, -0.05) is 32.0 Å². The zero-order valence-corrected chi connectivity index (χ0v) is 11.9. The molecule has 5 nitrogen and oxygen atoms in total.